The van der Waals surface area contributed by atoms with Crippen LogP contribution in [0.3, 0.4) is 0 Å². The Morgan fingerprint density at radius 2 is 1.67 bits per heavy atom. The summed E-state index contributed by atoms with van der Waals surface area (Å²) < 4.78 is 0. The summed E-state index contributed by atoms with van der Waals surface area (Å²) in [5.74, 6) is 1.30. The molecule has 18 heavy (non-hydrogen) atoms. The normalized spacial score (nSPS) is 27.9. The molecule has 1 aliphatic carbocycles. The maximum absolute atomic E-state index is 3.67. The first-order valence-electron chi connectivity index (χ1n) is 6.78. The highest BCUT2D eigenvalue weighted by Crippen LogP contribution is 2.49. The molecule has 1 N–H and O–H groups in total. The van der Waals surface area contributed by atoms with E-state index in [1.807, 2.05) is 0 Å². The van der Waals surface area contributed by atoms with Crippen LogP contribution in [0.25, 0.3) is 0 Å². The largest absolute Gasteiger partial charge is 0.382 e. The molecule has 0 aromatic heterocycles. The minimum Gasteiger partial charge on any atom is -0.382 e. The van der Waals surface area contributed by atoms with Crippen molar-refractivity contribution >= 4 is 5.69 Å². The van der Waals surface area contributed by atoms with Crippen LogP contribution in [0.5, 0.6) is 0 Å². The van der Waals surface area contributed by atoms with Crippen LogP contribution in [-0.2, 0) is 6.42 Å². The maximum Gasteiger partial charge on any atom is 0.0381 e. The van der Waals surface area contributed by atoms with Crippen LogP contribution in [0.15, 0.2) is 48.5 Å². The van der Waals surface area contributed by atoms with Gasteiger partial charge in [-0.3, -0.25) is 0 Å². The van der Waals surface area contributed by atoms with Gasteiger partial charge in [0.25, 0.3) is 0 Å². The number of anilines is 1. The van der Waals surface area contributed by atoms with E-state index < -0.39 is 0 Å². The van der Waals surface area contributed by atoms with Gasteiger partial charge in [-0.2, -0.15) is 0 Å². The highest BCUT2D eigenvalue weighted by Gasteiger charge is 2.40. The zero-order chi connectivity index (χ0) is 12.1. The average molecular weight is 235 g/mol. The highest BCUT2D eigenvalue weighted by atomic mass is 14.9. The summed E-state index contributed by atoms with van der Waals surface area (Å²) in [4.78, 5) is 0. The van der Waals surface area contributed by atoms with E-state index in [2.05, 4.69) is 60.8 Å². The van der Waals surface area contributed by atoms with Crippen LogP contribution >= 0.6 is 0 Å². The van der Waals surface area contributed by atoms with Gasteiger partial charge in [-0.1, -0.05) is 42.5 Å². The number of para-hydroxylation sites is 1. The van der Waals surface area contributed by atoms with Gasteiger partial charge in [0, 0.05) is 17.6 Å². The molecule has 0 saturated carbocycles. The first-order chi connectivity index (χ1) is 8.84. The fraction of sp³-hybridized carbons (Fsp3) is 0.294. The molecule has 2 aliphatic rings. The van der Waals surface area contributed by atoms with Crippen LogP contribution < -0.4 is 5.32 Å². The molecule has 90 valence electrons. The molecule has 0 radical (unpaired) electrons. The van der Waals surface area contributed by atoms with Crippen LogP contribution in [-0.4, -0.2) is 6.04 Å². The van der Waals surface area contributed by atoms with Crippen LogP contribution in [0.1, 0.15) is 29.5 Å². The molecule has 0 spiro atoms. The maximum atomic E-state index is 3.67. The van der Waals surface area contributed by atoms with Gasteiger partial charge < -0.3 is 5.32 Å². The van der Waals surface area contributed by atoms with Crippen LogP contribution in [0.4, 0.5) is 5.69 Å². The Morgan fingerprint density at radius 1 is 0.944 bits per heavy atom. The molecule has 3 atom stereocenters. The first kappa shape index (κ1) is 10.2. The minimum atomic E-state index is 0.553. The van der Waals surface area contributed by atoms with Crippen molar-refractivity contribution in [2.75, 3.05) is 5.32 Å². The molecule has 3 unspecified atom stereocenters. The van der Waals surface area contributed by atoms with Crippen molar-refractivity contribution < 1.29 is 0 Å². The third-order valence-electron chi connectivity index (χ3n) is 4.60. The summed E-state index contributed by atoms with van der Waals surface area (Å²) in [6.45, 7) is 2.32. The number of nitrogens with one attached hydrogen (secondary N) is 1. The number of benzene rings is 2. The zero-order valence-electron chi connectivity index (χ0n) is 10.6. The van der Waals surface area contributed by atoms with E-state index in [-0.39, 0.29) is 0 Å². The second-order valence-corrected chi connectivity index (χ2v) is 5.56. The number of hydrogen-bond donors (Lipinski definition) is 1. The summed E-state index contributed by atoms with van der Waals surface area (Å²) >= 11 is 0. The van der Waals surface area contributed by atoms with Crippen molar-refractivity contribution in [3.8, 4) is 0 Å². The Balaban J connectivity index is 1.93. The molecule has 1 heterocycles. The van der Waals surface area contributed by atoms with E-state index in [0.717, 1.165) is 0 Å². The van der Waals surface area contributed by atoms with Gasteiger partial charge in [-0.05, 0) is 42.0 Å². The van der Waals surface area contributed by atoms with Crippen molar-refractivity contribution in [2.24, 2.45) is 5.92 Å². The molecular formula is C17H17N. The number of fused-ring (bicyclic) bond motifs is 5. The molecule has 1 heteroatoms. The second kappa shape index (κ2) is 3.61. The second-order valence-electron chi connectivity index (χ2n) is 5.56. The lowest BCUT2D eigenvalue weighted by molar-refractivity contribution is 0.432. The molecule has 0 bridgehead atoms. The van der Waals surface area contributed by atoms with Crippen molar-refractivity contribution in [1.82, 2.24) is 0 Å². The SMILES string of the molecule is CC1Nc2ccccc2C2c3ccccc3CC12. The predicted molar refractivity (Wildman–Crippen MR) is 75.0 cm³/mol. The summed E-state index contributed by atoms with van der Waals surface area (Å²) in [6.07, 6.45) is 1.21. The zero-order valence-corrected chi connectivity index (χ0v) is 10.6. The quantitative estimate of drug-likeness (QED) is 0.732. The van der Waals surface area contributed by atoms with Gasteiger partial charge in [0.05, 0.1) is 0 Å². The molecule has 0 amide bonds. The first-order valence-corrected chi connectivity index (χ1v) is 6.78. The molecule has 2 aromatic rings. The van der Waals surface area contributed by atoms with Crippen molar-refractivity contribution in [1.29, 1.82) is 0 Å². The fourth-order valence-corrected chi connectivity index (χ4v) is 3.74. The lowest BCUT2D eigenvalue weighted by Crippen LogP contribution is -2.34. The van der Waals surface area contributed by atoms with E-state index in [4.69, 9.17) is 0 Å². The lowest BCUT2D eigenvalue weighted by atomic mass is 9.78. The van der Waals surface area contributed by atoms with Gasteiger partial charge in [-0.15, -0.1) is 0 Å². The van der Waals surface area contributed by atoms with Gasteiger partial charge >= 0.3 is 0 Å². The van der Waals surface area contributed by atoms with E-state index in [9.17, 15) is 0 Å². The topological polar surface area (TPSA) is 12.0 Å². The predicted octanol–water partition coefficient (Wildman–Crippen LogP) is 3.80. The third-order valence-corrected chi connectivity index (χ3v) is 4.60. The molecule has 0 fully saturated rings. The number of rotatable bonds is 0. The third kappa shape index (κ3) is 1.28. The average Bonchev–Trinajstić information content (AvgIpc) is 2.79. The van der Waals surface area contributed by atoms with Gasteiger partial charge in [0.2, 0.25) is 0 Å². The van der Waals surface area contributed by atoms with E-state index in [1.165, 1.54) is 23.2 Å². The van der Waals surface area contributed by atoms with Gasteiger partial charge in [-0.25, -0.2) is 0 Å². The van der Waals surface area contributed by atoms with E-state index in [1.54, 1.807) is 5.56 Å². The highest BCUT2D eigenvalue weighted by molar-refractivity contribution is 5.61. The molecule has 0 saturated heterocycles. The van der Waals surface area contributed by atoms with E-state index in [0.29, 0.717) is 17.9 Å². The van der Waals surface area contributed by atoms with Crippen LogP contribution in [0.2, 0.25) is 0 Å². The summed E-state index contributed by atoms with van der Waals surface area (Å²) in [7, 11) is 0. The Bertz CT molecular complexity index is 602. The monoisotopic (exact) mass is 235 g/mol. The Labute approximate surface area is 108 Å². The number of hydrogen-bond acceptors (Lipinski definition) is 1. The molecule has 4 rings (SSSR count). The molecule has 1 nitrogen and oxygen atoms in total. The summed E-state index contributed by atoms with van der Waals surface area (Å²) in [6, 6.07) is 18.3. The Morgan fingerprint density at radius 3 is 2.56 bits per heavy atom. The summed E-state index contributed by atoms with van der Waals surface area (Å²) in [5.41, 5.74) is 5.88. The van der Waals surface area contributed by atoms with Gasteiger partial charge in [0.15, 0.2) is 0 Å². The Kier molecular flexibility index (Phi) is 2.05. The standard InChI is InChI=1S/C17H17N/c1-11-15-10-12-6-2-3-7-13(12)17(15)14-8-4-5-9-16(14)18-11/h2-9,11,15,17-18H,10H2,1H3. The van der Waals surface area contributed by atoms with Crippen molar-refractivity contribution in [2.45, 2.75) is 25.3 Å². The lowest BCUT2D eigenvalue weighted by Gasteiger charge is -2.35. The summed E-state index contributed by atoms with van der Waals surface area (Å²) in [5, 5.41) is 3.67. The van der Waals surface area contributed by atoms with Crippen molar-refractivity contribution in [3.63, 3.8) is 0 Å². The van der Waals surface area contributed by atoms with Crippen LogP contribution in [0, 0.1) is 5.92 Å². The Hall–Kier alpha value is -1.76. The minimum absolute atomic E-state index is 0.553. The van der Waals surface area contributed by atoms with Gasteiger partial charge in [0.1, 0.15) is 0 Å². The molecular weight excluding hydrogens is 218 g/mol. The molecule has 2 aromatic carbocycles. The van der Waals surface area contributed by atoms with Crippen molar-refractivity contribution in [3.05, 3.63) is 65.2 Å². The smallest absolute Gasteiger partial charge is 0.0381 e. The molecule has 1 aliphatic heterocycles. The fourth-order valence-electron chi connectivity index (χ4n) is 3.74. The van der Waals surface area contributed by atoms with E-state index >= 15 is 0 Å².